The summed E-state index contributed by atoms with van der Waals surface area (Å²) in [5, 5.41) is 0. The van der Waals surface area contributed by atoms with Gasteiger partial charge < -0.3 is 10.5 Å². The fourth-order valence-electron chi connectivity index (χ4n) is 3.17. The number of alkyl halides is 4. The summed E-state index contributed by atoms with van der Waals surface area (Å²) in [5.74, 6) is 0.368. The Morgan fingerprint density at radius 1 is 1.07 bits per heavy atom. The number of hydrogen-bond acceptors (Lipinski definition) is 4. The van der Waals surface area contributed by atoms with Gasteiger partial charge in [0.1, 0.15) is 23.7 Å². The van der Waals surface area contributed by atoms with E-state index >= 15 is 0 Å². The summed E-state index contributed by atoms with van der Waals surface area (Å²) < 4.78 is 58.4. The molecule has 0 bridgehead atoms. The van der Waals surface area contributed by atoms with Gasteiger partial charge >= 0.3 is 0 Å². The number of rotatable bonds is 10. The van der Waals surface area contributed by atoms with Crippen molar-refractivity contribution in [1.29, 1.82) is 0 Å². The van der Waals surface area contributed by atoms with E-state index in [4.69, 9.17) is 10.5 Å². The number of aromatic nitrogens is 2. The Kier molecular flexibility index (Phi) is 7.96. The summed E-state index contributed by atoms with van der Waals surface area (Å²) in [6.07, 6.45) is -1.78. The Morgan fingerprint density at radius 2 is 1.76 bits per heavy atom. The third-order valence-corrected chi connectivity index (χ3v) is 4.86. The number of halogens is 4. The second kappa shape index (κ2) is 10.0. The van der Waals surface area contributed by atoms with Crippen molar-refractivity contribution in [3.63, 3.8) is 0 Å². The van der Waals surface area contributed by atoms with Crippen molar-refractivity contribution in [3.05, 3.63) is 41.9 Å². The molecule has 2 aromatic heterocycles. The van der Waals surface area contributed by atoms with Gasteiger partial charge in [0, 0.05) is 17.3 Å². The Bertz CT molecular complexity index is 795. The Labute approximate surface area is 168 Å². The van der Waals surface area contributed by atoms with Gasteiger partial charge in [0.15, 0.2) is 0 Å². The van der Waals surface area contributed by atoms with E-state index < -0.39 is 29.8 Å². The van der Waals surface area contributed by atoms with Gasteiger partial charge in [-0.3, -0.25) is 4.98 Å². The van der Waals surface area contributed by atoms with Crippen molar-refractivity contribution >= 4 is 0 Å². The summed E-state index contributed by atoms with van der Waals surface area (Å²) in [6.45, 7) is 6.06. The van der Waals surface area contributed by atoms with Gasteiger partial charge in [-0.25, -0.2) is 22.5 Å². The molecule has 0 aliphatic heterocycles. The van der Waals surface area contributed by atoms with Crippen LogP contribution in [-0.2, 0) is 0 Å². The van der Waals surface area contributed by atoms with E-state index in [1.807, 2.05) is 6.92 Å². The van der Waals surface area contributed by atoms with E-state index in [9.17, 15) is 17.6 Å². The normalized spacial score (nSPS) is 13.9. The zero-order chi connectivity index (χ0) is 21.6. The summed E-state index contributed by atoms with van der Waals surface area (Å²) in [6, 6.07) is 5.41. The summed E-state index contributed by atoms with van der Waals surface area (Å²) >= 11 is 0. The minimum Gasteiger partial charge on any atom is -0.490 e. The highest BCUT2D eigenvalue weighted by atomic mass is 19.3. The first-order valence-electron chi connectivity index (χ1n) is 9.62. The predicted octanol–water partition coefficient (Wildman–Crippen LogP) is 5.94. The monoisotopic (exact) mass is 413 g/mol. The Morgan fingerprint density at radius 3 is 2.34 bits per heavy atom. The summed E-state index contributed by atoms with van der Waals surface area (Å²) in [7, 11) is 0. The third-order valence-electron chi connectivity index (χ3n) is 4.86. The first-order chi connectivity index (χ1) is 13.7. The standard InChI is InChI=1S/C21H27F4N3O/c1-4-13(5-2)11-21(3,26)12-29-17-7-6-15(28-18(17)20(24)25)14-8-9-27-16(10-14)19(22)23/h6-10,13,19-20H,4-5,11-12,26H2,1-3H3/t21-/m0/s1. The van der Waals surface area contributed by atoms with Crippen molar-refractivity contribution < 1.29 is 22.3 Å². The van der Waals surface area contributed by atoms with Crippen LogP contribution in [0.3, 0.4) is 0 Å². The van der Waals surface area contributed by atoms with Crippen LogP contribution in [0.2, 0.25) is 0 Å². The van der Waals surface area contributed by atoms with Crippen LogP contribution in [0.4, 0.5) is 17.6 Å². The third kappa shape index (κ3) is 6.39. The van der Waals surface area contributed by atoms with Gasteiger partial charge in [-0.2, -0.15) is 0 Å². The second-order valence-electron chi connectivity index (χ2n) is 7.48. The van der Waals surface area contributed by atoms with Crippen molar-refractivity contribution in [3.8, 4) is 17.0 Å². The molecule has 0 radical (unpaired) electrons. The zero-order valence-electron chi connectivity index (χ0n) is 16.8. The average molecular weight is 413 g/mol. The lowest BCUT2D eigenvalue weighted by atomic mass is 9.87. The zero-order valence-corrected chi connectivity index (χ0v) is 16.8. The molecule has 0 aliphatic rings. The average Bonchev–Trinajstić information content (AvgIpc) is 2.70. The summed E-state index contributed by atoms with van der Waals surface area (Å²) in [5.41, 5.74) is 5.06. The highest BCUT2D eigenvalue weighted by Gasteiger charge is 2.25. The molecule has 0 saturated carbocycles. The number of nitrogens with zero attached hydrogens (tertiary/aromatic N) is 2. The van der Waals surface area contributed by atoms with E-state index in [0.29, 0.717) is 12.3 Å². The van der Waals surface area contributed by atoms with E-state index in [1.54, 1.807) is 0 Å². The maximum Gasteiger partial charge on any atom is 0.284 e. The predicted molar refractivity (Wildman–Crippen MR) is 104 cm³/mol. The van der Waals surface area contributed by atoms with Crippen LogP contribution in [0, 0.1) is 5.92 Å². The first kappa shape index (κ1) is 23.1. The van der Waals surface area contributed by atoms with Crippen LogP contribution in [0.5, 0.6) is 5.75 Å². The molecular formula is C21H27F4N3O. The molecule has 0 saturated heterocycles. The number of ether oxygens (including phenoxy) is 1. The van der Waals surface area contributed by atoms with Crippen molar-refractivity contribution in [1.82, 2.24) is 9.97 Å². The maximum absolute atomic E-state index is 13.6. The lowest BCUT2D eigenvalue weighted by Crippen LogP contribution is -2.44. The van der Waals surface area contributed by atoms with Crippen LogP contribution in [0.15, 0.2) is 30.5 Å². The minimum absolute atomic E-state index is 0.0619. The van der Waals surface area contributed by atoms with Gasteiger partial charge in [0.05, 0.1) is 5.69 Å². The van der Waals surface area contributed by atoms with Crippen LogP contribution in [0.25, 0.3) is 11.3 Å². The molecule has 2 aromatic rings. The fourth-order valence-corrected chi connectivity index (χ4v) is 3.17. The highest BCUT2D eigenvalue weighted by Crippen LogP contribution is 2.32. The largest absolute Gasteiger partial charge is 0.490 e. The van der Waals surface area contributed by atoms with Gasteiger partial charge in [-0.1, -0.05) is 26.7 Å². The van der Waals surface area contributed by atoms with E-state index in [2.05, 4.69) is 23.8 Å². The first-order valence-corrected chi connectivity index (χ1v) is 9.62. The molecule has 8 heteroatoms. The molecule has 4 nitrogen and oxygen atoms in total. The van der Waals surface area contributed by atoms with E-state index in [0.717, 1.165) is 18.9 Å². The number of hydrogen-bond donors (Lipinski definition) is 1. The summed E-state index contributed by atoms with van der Waals surface area (Å²) in [4.78, 5) is 7.52. The van der Waals surface area contributed by atoms with Gasteiger partial charge in [0.2, 0.25) is 0 Å². The highest BCUT2D eigenvalue weighted by molar-refractivity contribution is 5.60. The lowest BCUT2D eigenvalue weighted by molar-refractivity contribution is 0.133. The van der Waals surface area contributed by atoms with Gasteiger partial charge in [-0.15, -0.1) is 0 Å². The maximum atomic E-state index is 13.6. The molecule has 0 aliphatic carbocycles. The minimum atomic E-state index is -2.88. The van der Waals surface area contributed by atoms with Crippen molar-refractivity contribution in [2.45, 2.75) is 58.4 Å². The molecule has 0 amide bonds. The quantitative estimate of drug-likeness (QED) is 0.490. The Balaban J connectivity index is 2.23. The van der Waals surface area contributed by atoms with Crippen LogP contribution in [0.1, 0.15) is 64.3 Å². The molecule has 2 heterocycles. The van der Waals surface area contributed by atoms with E-state index in [-0.39, 0.29) is 23.6 Å². The molecule has 1 atom stereocenters. The van der Waals surface area contributed by atoms with Crippen molar-refractivity contribution in [2.24, 2.45) is 11.7 Å². The topological polar surface area (TPSA) is 61.0 Å². The SMILES string of the molecule is CCC(CC)C[C@](C)(N)COc1ccc(-c2ccnc(C(F)F)c2)nc1C(F)F. The smallest absolute Gasteiger partial charge is 0.284 e. The molecule has 29 heavy (non-hydrogen) atoms. The fraction of sp³-hybridized carbons (Fsp3) is 0.524. The van der Waals surface area contributed by atoms with Crippen LogP contribution < -0.4 is 10.5 Å². The van der Waals surface area contributed by atoms with Gasteiger partial charge in [-0.05, 0) is 43.5 Å². The van der Waals surface area contributed by atoms with E-state index in [1.165, 1.54) is 24.4 Å². The lowest BCUT2D eigenvalue weighted by Gasteiger charge is -2.29. The molecular weight excluding hydrogens is 386 g/mol. The van der Waals surface area contributed by atoms with Crippen molar-refractivity contribution in [2.75, 3.05) is 6.61 Å². The molecule has 0 spiro atoms. The molecule has 2 rings (SSSR count). The Hall–Kier alpha value is -2.22. The van der Waals surface area contributed by atoms with Crippen LogP contribution >= 0.6 is 0 Å². The molecule has 0 fully saturated rings. The molecule has 0 unspecified atom stereocenters. The number of nitrogens with two attached hydrogens (primary N) is 1. The van der Waals surface area contributed by atoms with Gasteiger partial charge in [0.25, 0.3) is 12.9 Å². The molecule has 160 valence electrons. The molecule has 2 N–H and O–H groups in total. The van der Waals surface area contributed by atoms with Crippen LogP contribution in [-0.4, -0.2) is 22.1 Å². The second-order valence-corrected chi connectivity index (χ2v) is 7.48. The number of pyridine rings is 2. The molecule has 0 aromatic carbocycles.